The smallest absolute Gasteiger partial charge is 0.0325 e. The Labute approximate surface area is 97.2 Å². The lowest BCUT2D eigenvalue weighted by Crippen LogP contribution is -2.30. The van der Waals surface area contributed by atoms with Crippen molar-refractivity contribution >= 4 is 0 Å². The Bertz CT molecular complexity index is 185. The van der Waals surface area contributed by atoms with Crippen LogP contribution in [0, 0.1) is 29.1 Å². The van der Waals surface area contributed by atoms with Crippen LogP contribution in [-0.4, -0.2) is 0 Å². The van der Waals surface area contributed by atoms with Gasteiger partial charge < -0.3 is 0 Å². The van der Waals surface area contributed by atoms with Gasteiger partial charge in [-0.25, -0.2) is 0 Å². The van der Waals surface area contributed by atoms with Crippen LogP contribution < -0.4 is 0 Å². The van der Waals surface area contributed by atoms with E-state index in [9.17, 15) is 0 Å². The van der Waals surface area contributed by atoms with Gasteiger partial charge in [-0.2, -0.15) is 0 Å². The zero-order valence-corrected chi connectivity index (χ0v) is 11.8. The summed E-state index contributed by atoms with van der Waals surface area (Å²) in [5.74, 6) is 3.07. The zero-order valence-electron chi connectivity index (χ0n) is 11.8. The molecular formula is C15H30. The van der Waals surface area contributed by atoms with Crippen LogP contribution in [0.25, 0.3) is 0 Å². The van der Waals surface area contributed by atoms with E-state index in [1.165, 1.54) is 0 Å². The molecule has 0 heteroatoms. The lowest BCUT2D eigenvalue weighted by molar-refractivity contribution is 0.120. The van der Waals surface area contributed by atoms with Crippen molar-refractivity contribution in [2.24, 2.45) is 29.1 Å². The predicted octanol–water partition coefficient (Wildman–Crippen LogP) is 5.15. The molecule has 0 bridgehead atoms. The van der Waals surface area contributed by atoms with Gasteiger partial charge in [-0.05, 0) is 35.5 Å². The number of hydrogen-bond acceptors (Lipinski definition) is 0. The summed E-state index contributed by atoms with van der Waals surface area (Å²) < 4.78 is 0. The molecule has 0 nitrogen and oxygen atoms in total. The van der Waals surface area contributed by atoms with Gasteiger partial charge in [0.1, 0.15) is 0 Å². The van der Waals surface area contributed by atoms with Crippen molar-refractivity contribution in [3.8, 4) is 0 Å². The van der Waals surface area contributed by atoms with Crippen LogP contribution in [0.4, 0.5) is 0 Å². The predicted molar refractivity (Wildman–Crippen MR) is 70.9 cm³/mol. The Morgan fingerprint density at radius 2 is 1.47 bits per heavy atom. The average molecular weight is 210 g/mol. The van der Waals surface area contributed by atoms with Crippen LogP contribution in [0.2, 0.25) is 0 Å². The maximum atomic E-state index is 3.84. The van der Waals surface area contributed by atoms with Gasteiger partial charge in [0.15, 0.2) is 0 Å². The minimum absolute atomic E-state index is 0.418. The second-order valence-electron chi connectivity index (χ2n) is 6.37. The molecule has 0 radical (unpaired) electrons. The Balaban J connectivity index is 4.43. The van der Waals surface area contributed by atoms with Crippen LogP contribution in [0.5, 0.6) is 0 Å². The number of rotatable bonds is 5. The van der Waals surface area contributed by atoms with Crippen molar-refractivity contribution in [1.82, 2.24) is 0 Å². The summed E-state index contributed by atoms with van der Waals surface area (Å²) in [6.07, 6.45) is 3.19. The van der Waals surface area contributed by atoms with Crippen LogP contribution in [0.3, 0.4) is 0 Å². The summed E-state index contributed by atoms with van der Waals surface area (Å²) in [5.41, 5.74) is 0.418. The number of allylic oxidation sites excluding steroid dienone is 1. The Morgan fingerprint density at radius 3 is 1.80 bits per heavy atom. The second-order valence-corrected chi connectivity index (χ2v) is 6.37. The third-order valence-corrected chi connectivity index (χ3v) is 4.42. The molecular weight excluding hydrogens is 180 g/mol. The normalized spacial score (nSPS) is 20.5. The van der Waals surface area contributed by atoms with Crippen molar-refractivity contribution in [2.75, 3.05) is 0 Å². The van der Waals surface area contributed by atoms with Gasteiger partial charge in [0.05, 0.1) is 0 Å². The largest absolute Gasteiger partial charge is 0.103 e. The molecule has 90 valence electrons. The van der Waals surface area contributed by atoms with Crippen LogP contribution >= 0.6 is 0 Å². The monoisotopic (exact) mass is 210 g/mol. The molecule has 0 aliphatic carbocycles. The van der Waals surface area contributed by atoms with E-state index in [1.54, 1.807) is 0 Å². The van der Waals surface area contributed by atoms with E-state index in [0.717, 1.165) is 30.1 Å². The van der Waals surface area contributed by atoms with Gasteiger partial charge in [-0.3, -0.25) is 0 Å². The van der Waals surface area contributed by atoms with Crippen molar-refractivity contribution < 1.29 is 0 Å². The summed E-state index contributed by atoms with van der Waals surface area (Å²) in [7, 11) is 0. The van der Waals surface area contributed by atoms with Crippen LogP contribution in [0.1, 0.15) is 54.9 Å². The molecule has 0 heterocycles. The molecule has 0 rings (SSSR count). The highest BCUT2D eigenvalue weighted by Gasteiger charge is 2.30. The maximum absolute atomic E-state index is 3.84. The average Bonchev–Trinajstić information content (AvgIpc) is 2.13. The van der Waals surface area contributed by atoms with Crippen molar-refractivity contribution in [3.63, 3.8) is 0 Å². The highest BCUT2D eigenvalue weighted by atomic mass is 14.4. The van der Waals surface area contributed by atoms with Gasteiger partial charge >= 0.3 is 0 Å². The number of hydrogen-bond donors (Lipinski definition) is 0. The standard InChI is InChI=1S/C15H30/c1-9-10-11(2)12(3)13(4)14(5)15(6,7)8/h9,11-14H,1,10H2,2-8H3/t11?,12-,13+,14+/m0/s1. The molecule has 0 fully saturated rings. The summed E-state index contributed by atoms with van der Waals surface area (Å²) in [5, 5.41) is 0. The molecule has 0 amide bonds. The summed E-state index contributed by atoms with van der Waals surface area (Å²) in [6, 6.07) is 0. The molecule has 0 aromatic rings. The summed E-state index contributed by atoms with van der Waals surface area (Å²) in [4.78, 5) is 0. The minimum atomic E-state index is 0.418. The molecule has 0 N–H and O–H groups in total. The topological polar surface area (TPSA) is 0 Å². The SMILES string of the molecule is C=CCC(C)[C@H](C)[C@@H](C)[C@@H](C)C(C)(C)C. The molecule has 15 heavy (non-hydrogen) atoms. The molecule has 0 saturated carbocycles. The first-order chi connectivity index (χ1) is 6.71. The summed E-state index contributed by atoms with van der Waals surface area (Å²) in [6.45, 7) is 20.4. The minimum Gasteiger partial charge on any atom is -0.103 e. The van der Waals surface area contributed by atoms with E-state index in [0.29, 0.717) is 5.41 Å². The molecule has 0 aliphatic rings. The van der Waals surface area contributed by atoms with Gasteiger partial charge in [0.2, 0.25) is 0 Å². The van der Waals surface area contributed by atoms with Gasteiger partial charge in [0, 0.05) is 0 Å². The first-order valence-electron chi connectivity index (χ1n) is 6.32. The lowest BCUT2D eigenvalue weighted by atomic mass is 9.68. The summed E-state index contributed by atoms with van der Waals surface area (Å²) >= 11 is 0. The Hall–Kier alpha value is -0.260. The molecule has 0 aromatic heterocycles. The van der Waals surface area contributed by atoms with E-state index in [4.69, 9.17) is 0 Å². The highest BCUT2D eigenvalue weighted by molar-refractivity contribution is 4.82. The van der Waals surface area contributed by atoms with Crippen LogP contribution in [0.15, 0.2) is 12.7 Å². The van der Waals surface area contributed by atoms with E-state index < -0.39 is 0 Å². The third-order valence-electron chi connectivity index (χ3n) is 4.42. The van der Waals surface area contributed by atoms with E-state index in [-0.39, 0.29) is 0 Å². The van der Waals surface area contributed by atoms with E-state index in [1.807, 2.05) is 0 Å². The Kier molecular flexibility index (Phi) is 5.62. The van der Waals surface area contributed by atoms with E-state index >= 15 is 0 Å². The molecule has 0 aromatic carbocycles. The van der Waals surface area contributed by atoms with Crippen molar-refractivity contribution in [1.29, 1.82) is 0 Å². The molecule has 0 saturated heterocycles. The fourth-order valence-corrected chi connectivity index (χ4v) is 2.24. The molecule has 1 unspecified atom stereocenters. The van der Waals surface area contributed by atoms with Gasteiger partial charge in [0.25, 0.3) is 0 Å². The molecule has 4 atom stereocenters. The molecule has 0 aliphatic heterocycles. The van der Waals surface area contributed by atoms with Gasteiger partial charge in [-0.15, -0.1) is 6.58 Å². The second kappa shape index (κ2) is 5.72. The lowest BCUT2D eigenvalue weighted by Gasteiger charge is -2.37. The van der Waals surface area contributed by atoms with Gasteiger partial charge in [-0.1, -0.05) is 54.5 Å². The fraction of sp³-hybridized carbons (Fsp3) is 0.867. The van der Waals surface area contributed by atoms with Crippen molar-refractivity contribution in [2.45, 2.75) is 54.9 Å². The van der Waals surface area contributed by atoms with E-state index in [2.05, 4.69) is 61.1 Å². The zero-order chi connectivity index (χ0) is 12.2. The quantitative estimate of drug-likeness (QED) is 0.550. The Morgan fingerprint density at radius 1 is 1.00 bits per heavy atom. The fourth-order valence-electron chi connectivity index (χ4n) is 2.24. The first kappa shape index (κ1) is 14.7. The highest BCUT2D eigenvalue weighted by Crippen LogP contribution is 2.38. The first-order valence-corrected chi connectivity index (χ1v) is 6.32. The molecule has 0 spiro atoms. The third kappa shape index (κ3) is 4.40. The van der Waals surface area contributed by atoms with Crippen molar-refractivity contribution in [3.05, 3.63) is 12.7 Å². The maximum Gasteiger partial charge on any atom is -0.0325 e. The van der Waals surface area contributed by atoms with Crippen LogP contribution in [-0.2, 0) is 0 Å².